The van der Waals surface area contributed by atoms with Crippen LogP contribution in [-0.4, -0.2) is 21.4 Å². The van der Waals surface area contributed by atoms with Gasteiger partial charge in [0.25, 0.3) is 0 Å². The second-order valence-corrected chi connectivity index (χ2v) is 6.62. The Bertz CT molecular complexity index is 387. The number of hydrogen-bond donors (Lipinski definition) is 0. The van der Waals surface area contributed by atoms with Crippen LogP contribution in [0.2, 0.25) is 0 Å². The van der Waals surface area contributed by atoms with Crippen molar-refractivity contribution >= 4 is 16.7 Å². The summed E-state index contributed by atoms with van der Waals surface area (Å²) >= 11 is 1.58. The molecule has 1 aromatic rings. The lowest BCUT2D eigenvalue weighted by atomic mass is 9.83. The van der Waals surface area contributed by atoms with E-state index in [9.17, 15) is 0 Å². The number of fused-ring (bicyclic) bond motifs is 2. The van der Waals surface area contributed by atoms with E-state index in [1.165, 1.54) is 25.7 Å². The van der Waals surface area contributed by atoms with Crippen LogP contribution in [0.1, 0.15) is 45.4 Å². The third-order valence-corrected chi connectivity index (χ3v) is 5.27. The molecule has 2 atom stereocenters. The smallest absolute Gasteiger partial charge is 0.205 e. The van der Waals surface area contributed by atoms with Gasteiger partial charge in [-0.2, -0.15) is 4.37 Å². The van der Waals surface area contributed by atoms with Crippen LogP contribution in [0.25, 0.3) is 0 Å². The van der Waals surface area contributed by atoms with E-state index in [1.807, 2.05) is 6.92 Å². The van der Waals surface area contributed by atoms with E-state index in [2.05, 4.69) is 28.1 Å². The minimum Gasteiger partial charge on any atom is -0.341 e. The topological polar surface area (TPSA) is 29.0 Å². The van der Waals surface area contributed by atoms with Gasteiger partial charge in [0.15, 0.2) is 0 Å². The van der Waals surface area contributed by atoms with Crippen molar-refractivity contribution in [2.45, 2.75) is 58.5 Å². The van der Waals surface area contributed by atoms with Crippen molar-refractivity contribution in [3.63, 3.8) is 0 Å². The first-order valence-electron chi connectivity index (χ1n) is 6.74. The zero-order valence-electron chi connectivity index (χ0n) is 10.9. The molecule has 94 valence electrons. The molecule has 0 aliphatic carbocycles. The summed E-state index contributed by atoms with van der Waals surface area (Å²) in [6.07, 6.45) is 5.42. The maximum Gasteiger partial charge on any atom is 0.205 e. The van der Waals surface area contributed by atoms with Crippen LogP contribution in [0.4, 0.5) is 5.13 Å². The zero-order chi connectivity index (χ0) is 12.0. The number of rotatable bonds is 2. The van der Waals surface area contributed by atoms with E-state index < -0.39 is 0 Å². The highest BCUT2D eigenvalue weighted by atomic mass is 32.1. The van der Waals surface area contributed by atoms with Gasteiger partial charge in [-0.05, 0) is 44.4 Å². The normalized spacial score (nSPS) is 32.5. The molecule has 0 amide bonds. The average molecular weight is 251 g/mol. The summed E-state index contributed by atoms with van der Waals surface area (Å²) in [4.78, 5) is 7.15. The fourth-order valence-corrected chi connectivity index (χ4v) is 4.29. The van der Waals surface area contributed by atoms with E-state index in [0.29, 0.717) is 0 Å². The molecular formula is C13H21N3S. The molecule has 2 aliphatic rings. The van der Waals surface area contributed by atoms with Crippen LogP contribution in [-0.2, 0) is 0 Å². The fourth-order valence-electron chi connectivity index (χ4n) is 3.47. The Hall–Kier alpha value is -0.640. The molecule has 1 aromatic heterocycles. The summed E-state index contributed by atoms with van der Waals surface area (Å²) < 4.78 is 4.33. The Labute approximate surface area is 107 Å². The number of hydrogen-bond acceptors (Lipinski definition) is 4. The average Bonchev–Trinajstić information content (AvgIpc) is 2.80. The van der Waals surface area contributed by atoms with Crippen molar-refractivity contribution in [3.8, 4) is 0 Å². The first-order chi connectivity index (χ1) is 8.15. The van der Waals surface area contributed by atoms with Gasteiger partial charge in [0.1, 0.15) is 5.82 Å². The molecule has 2 bridgehead atoms. The first-order valence-corrected chi connectivity index (χ1v) is 7.51. The summed E-state index contributed by atoms with van der Waals surface area (Å²) in [5, 5.41) is 1.16. The summed E-state index contributed by atoms with van der Waals surface area (Å²) in [6.45, 7) is 6.73. The lowest BCUT2D eigenvalue weighted by molar-refractivity contribution is 0.267. The molecule has 2 saturated heterocycles. The van der Waals surface area contributed by atoms with Gasteiger partial charge in [-0.15, -0.1) is 0 Å². The fraction of sp³-hybridized carbons (Fsp3) is 0.846. The standard InChI is InChI=1S/C13H21N3S/c1-8(2)10-6-11-4-5-12(7-10)16(11)13-14-9(3)15-17-13/h8,10-12H,4-7H2,1-3H3. The highest BCUT2D eigenvalue weighted by Crippen LogP contribution is 2.44. The second-order valence-electron chi connectivity index (χ2n) is 5.89. The minimum absolute atomic E-state index is 0.730. The maximum atomic E-state index is 4.58. The third kappa shape index (κ3) is 1.96. The summed E-state index contributed by atoms with van der Waals surface area (Å²) in [5.41, 5.74) is 0. The molecule has 2 unspecified atom stereocenters. The monoisotopic (exact) mass is 251 g/mol. The van der Waals surface area contributed by atoms with Gasteiger partial charge in [0.05, 0.1) is 0 Å². The van der Waals surface area contributed by atoms with Gasteiger partial charge >= 0.3 is 0 Å². The number of aromatic nitrogens is 2. The molecule has 3 nitrogen and oxygen atoms in total. The van der Waals surface area contributed by atoms with E-state index in [4.69, 9.17) is 0 Å². The summed E-state index contributed by atoms with van der Waals surface area (Å²) in [5.74, 6) is 2.67. The van der Waals surface area contributed by atoms with Gasteiger partial charge in [0, 0.05) is 23.6 Å². The second kappa shape index (κ2) is 4.23. The molecule has 2 fully saturated rings. The van der Waals surface area contributed by atoms with E-state index in [0.717, 1.165) is 34.9 Å². The zero-order valence-corrected chi connectivity index (χ0v) is 11.7. The van der Waals surface area contributed by atoms with Crippen molar-refractivity contribution in [3.05, 3.63) is 5.82 Å². The van der Waals surface area contributed by atoms with Crippen molar-refractivity contribution in [1.82, 2.24) is 9.36 Å². The number of piperidine rings is 1. The molecule has 0 radical (unpaired) electrons. The predicted octanol–water partition coefficient (Wildman–Crippen LogP) is 3.25. The summed E-state index contributed by atoms with van der Waals surface area (Å²) in [6, 6.07) is 1.46. The van der Waals surface area contributed by atoms with Crippen LogP contribution < -0.4 is 4.90 Å². The van der Waals surface area contributed by atoms with E-state index >= 15 is 0 Å². The van der Waals surface area contributed by atoms with Crippen molar-refractivity contribution < 1.29 is 0 Å². The molecule has 0 aromatic carbocycles. The van der Waals surface area contributed by atoms with Gasteiger partial charge in [0.2, 0.25) is 5.13 Å². The molecule has 4 heteroatoms. The van der Waals surface area contributed by atoms with Crippen molar-refractivity contribution in [2.24, 2.45) is 11.8 Å². The Balaban J connectivity index is 1.81. The van der Waals surface area contributed by atoms with Crippen molar-refractivity contribution in [2.75, 3.05) is 4.90 Å². The van der Waals surface area contributed by atoms with Crippen LogP contribution >= 0.6 is 11.5 Å². The van der Waals surface area contributed by atoms with Crippen LogP contribution in [0, 0.1) is 18.8 Å². The Morgan fingerprint density at radius 2 is 1.88 bits per heavy atom. The SMILES string of the molecule is Cc1nsc(N2C3CCC2CC(C(C)C)C3)n1. The van der Waals surface area contributed by atoms with Gasteiger partial charge in [-0.3, -0.25) is 0 Å². The first kappa shape index (κ1) is 11.5. The van der Waals surface area contributed by atoms with Crippen LogP contribution in [0.15, 0.2) is 0 Å². The van der Waals surface area contributed by atoms with Gasteiger partial charge in [-0.25, -0.2) is 4.98 Å². The van der Waals surface area contributed by atoms with E-state index in [1.54, 1.807) is 11.5 Å². The lowest BCUT2D eigenvalue weighted by Gasteiger charge is -2.40. The molecular weight excluding hydrogens is 230 g/mol. The Kier molecular flexibility index (Phi) is 2.85. The van der Waals surface area contributed by atoms with Crippen LogP contribution in [0.5, 0.6) is 0 Å². The highest BCUT2D eigenvalue weighted by Gasteiger charge is 2.42. The molecule has 2 aliphatic heterocycles. The highest BCUT2D eigenvalue weighted by molar-refractivity contribution is 7.09. The number of nitrogens with zero attached hydrogens (tertiary/aromatic N) is 3. The predicted molar refractivity (Wildman–Crippen MR) is 71.5 cm³/mol. The van der Waals surface area contributed by atoms with Gasteiger partial charge in [-0.1, -0.05) is 13.8 Å². The van der Waals surface area contributed by atoms with Crippen molar-refractivity contribution in [1.29, 1.82) is 0 Å². The van der Waals surface area contributed by atoms with Gasteiger partial charge < -0.3 is 4.90 Å². The molecule has 3 heterocycles. The molecule has 3 rings (SSSR count). The van der Waals surface area contributed by atoms with Crippen LogP contribution in [0.3, 0.4) is 0 Å². The molecule has 0 spiro atoms. The Morgan fingerprint density at radius 1 is 1.24 bits per heavy atom. The maximum absolute atomic E-state index is 4.58. The Morgan fingerprint density at radius 3 is 2.35 bits per heavy atom. The third-order valence-electron chi connectivity index (χ3n) is 4.45. The quantitative estimate of drug-likeness (QED) is 0.808. The van der Waals surface area contributed by atoms with E-state index in [-0.39, 0.29) is 0 Å². The number of anilines is 1. The molecule has 17 heavy (non-hydrogen) atoms. The molecule has 0 saturated carbocycles. The largest absolute Gasteiger partial charge is 0.341 e. The molecule has 0 N–H and O–H groups in total. The number of aryl methyl sites for hydroxylation is 1. The summed E-state index contributed by atoms with van der Waals surface area (Å²) in [7, 11) is 0. The lowest BCUT2D eigenvalue weighted by Crippen LogP contribution is -2.44. The minimum atomic E-state index is 0.730.